The van der Waals surface area contributed by atoms with Gasteiger partial charge in [0.15, 0.2) is 0 Å². The number of rotatable bonds is 3. The molecule has 1 aliphatic heterocycles. The molecule has 0 spiro atoms. The molecule has 0 atom stereocenters. The predicted molar refractivity (Wildman–Crippen MR) is 141 cm³/mol. The first-order valence-electron chi connectivity index (χ1n) is 11.6. The SMILES string of the molecule is CNc1ccnc2c1c(-c1cc3c(cc1F)CCN3C)cn2C(C)C.Cc1ccc(C)nc1.OO. The molecule has 3 aromatic heterocycles. The van der Waals surface area contributed by atoms with Crippen molar-refractivity contribution in [3.8, 4) is 11.1 Å². The Hall–Kier alpha value is -3.49. The Morgan fingerprint density at radius 2 is 1.80 bits per heavy atom. The van der Waals surface area contributed by atoms with E-state index in [4.69, 9.17) is 10.5 Å². The van der Waals surface area contributed by atoms with Crippen LogP contribution in [0.25, 0.3) is 22.2 Å². The van der Waals surface area contributed by atoms with Crippen LogP contribution >= 0.6 is 0 Å². The molecule has 4 aromatic rings. The number of aryl methyl sites for hydroxylation is 2. The maximum absolute atomic E-state index is 15.0. The Morgan fingerprint density at radius 3 is 2.40 bits per heavy atom. The van der Waals surface area contributed by atoms with E-state index in [0.717, 1.165) is 52.2 Å². The van der Waals surface area contributed by atoms with Gasteiger partial charge in [-0.15, -0.1) is 0 Å². The number of anilines is 2. The van der Waals surface area contributed by atoms with Gasteiger partial charge < -0.3 is 14.8 Å². The Morgan fingerprint density at radius 1 is 1.06 bits per heavy atom. The van der Waals surface area contributed by atoms with Gasteiger partial charge in [-0.3, -0.25) is 15.5 Å². The van der Waals surface area contributed by atoms with Gasteiger partial charge in [-0.25, -0.2) is 9.37 Å². The third kappa shape index (κ3) is 5.44. The van der Waals surface area contributed by atoms with Gasteiger partial charge in [0.1, 0.15) is 11.5 Å². The molecule has 0 amide bonds. The van der Waals surface area contributed by atoms with E-state index in [2.05, 4.69) is 51.7 Å². The van der Waals surface area contributed by atoms with Crippen molar-refractivity contribution in [3.63, 3.8) is 0 Å². The maximum Gasteiger partial charge on any atom is 0.142 e. The van der Waals surface area contributed by atoms with Crippen LogP contribution in [0.3, 0.4) is 0 Å². The number of pyridine rings is 2. The zero-order valence-electron chi connectivity index (χ0n) is 21.2. The zero-order valence-corrected chi connectivity index (χ0v) is 21.2. The molecule has 3 N–H and O–H groups in total. The summed E-state index contributed by atoms with van der Waals surface area (Å²) in [5, 5.41) is 16.2. The lowest BCUT2D eigenvalue weighted by Gasteiger charge is -2.14. The van der Waals surface area contributed by atoms with Crippen molar-refractivity contribution < 1.29 is 14.9 Å². The Balaban J connectivity index is 0.000000289. The molecule has 186 valence electrons. The average Bonchev–Trinajstić information content (AvgIpc) is 3.42. The Kier molecular flexibility index (Phi) is 8.43. The minimum absolute atomic E-state index is 0.164. The molecular weight excluding hydrogens is 445 g/mol. The number of halogens is 1. The van der Waals surface area contributed by atoms with Gasteiger partial charge in [-0.1, -0.05) is 6.07 Å². The van der Waals surface area contributed by atoms with Crippen LogP contribution in [-0.4, -0.2) is 45.7 Å². The minimum Gasteiger partial charge on any atom is -0.387 e. The number of nitrogens with one attached hydrogen (secondary N) is 1. The Labute approximate surface area is 205 Å². The van der Waals surface area contributed by atoms with Crippen molar-refractivity contribution in [2.75, 3.05) is 30.9 Å². The average molecular weight is 480 g/mol. The van der Waals surface area contributed by atoms with Crippen molar-refractivity contribution in [3.05, 3.63) is 71.6 Å². The van der Waals surface area contributed by atoms with Crippen LogP contribution in [0.5, 0.6) is 0 Å². The third-order valence-corrected chi connectivity index (χ3v) is 6.18. The fraction of sp³-hybridized carbons (Fsp3) is 0.333. The molecule has 35 heavy (non-hydrogen) atoms. The van der Waals surface area contributed by atoms with E-state index in [9.17, 15) is 4.39 Å². The highest BCUT2D eigenvalue weighted by molar-refractivity contribution is 6.03. The third-order valence-electron chi connectivity index (χ3n) is 6.18. The summed E-state index contributed by atoms with van der Waals surface area (Å²) in [6.45, 7) is 9.19. The lowest BCUT2D eigenvalue weighted by atomic mass is 10.0. The molecule has 1 aromatic carbocycles. The van der Waals surface area contributed by atoms with Crippen LogP contribution in [0, 0.1) is 19.7 Å². The largest absolute Gasteiger partial charge is 0.387 e. The van der Waals surface area contributed by atoms with Gasteiger partial charge in [-0.2, -0.15) is 0 Å². The highest BCUT2D eigenvalue weighted by atomic mass is 19.1. The second-order valence-electron chi connectivity index (χ2n) is 8.96. The molecule has 7 nitrogen and oxygen atoms in total. The van der Waals surface area contributed by atoms with Gasteiger partial charge in [0, 0.05) is 73.5 Å². The van der Waals surface area contributed by atoms with E-state index in [0.29, 0.717) is 5.56 Å². The van der Waals surface area contributed by atoms with Gasteiger partial charge in [0.25, 0.3) is 0 Å². The standard InChI is InChI=1S/C20H23FN4.C7H9N.H2O2/c1-12(2)25-11-15(19-17(22-3)5-7-23-20(19)25)14-10-18-13(9-16(14)21)6-8-24(18)4;1-6-3-4-7(2)8-5-6;1-2/h5,7,9-12H,6,8H2,1-4H3,(H,22,23);3-5H,1-2H3;1-2H. The number of hydrogen-bond acceptors (Lipinski definition) is 6. The molecule has 0 radical (unpaired) electrons. The van der Waals surface area contributed by atoms with Crippen LogP contribution in [0.15, 0.2) is 48.9 Å². The molecule has 0 fully saturated rings. The summed E-state index contributed by atoms with van der Waals surface area (Å²) in [4.78, 5) is 10.8. The molecule has 5 rings (SSSR count). The number of likely N-dealkylation sites (N-methyl/N-ethyl adjacent to an activating group) is 1. The molecule has 8 heteroatoms. The first kappa shape index (κ1) is 26.1. The normalized spacial score (nSPS) is 12.1. The van der Waals surface area contributed by atoms with Crippen LogP contribution < -0.4 is 10.2 Å². The van der Waals surface area contributed by atoms with Gasteiger partial charge >= 0.3 is 0 Å². The van der Waals surface area contributed by atoms with Crippen molar-refractivity contribution in [2.24, 2.45) is 0 Å². The summed E-state index contributed by atoms with van der Waals surface area (Å²) in [6, 6.07) is 9.94. The van der Waals surface area contributed by atoms with Crippen LogP contribution in [-0.2, 0) is 6.42 Å². The Bertz CT molecular complexity index is 1260. The van der Waals surface area contributed by atoms with Gasteiger partial charge in [0.2, 0.25) is 0 Å². The second kappa shape index (κ2) is 11.3. The summed E-state index contributed by atoms with van der Waals surface area (Å²) in [6.07, 6.45) is 6.60. The van der Waals surface area contributed by atoms with Crippen LogP contribution in [0.2, 0.25) is 0 Å². The van der Waals surface area contributed by atoms with E-state index in [1.165, 1.54) is 5.56 Å². The van der Waals surface area contributed by atoms with E-state index in [-0.39, 0.29) is 11.9 Å². The van der Waals surface area contributed by atoms with Gasteiger partial charge in [-0.05, 0) is 69.5 Å². The second-order valence-corrected chi connectivity index (χ2v) is 8.96. The predicted octanol–water partition coefficient (Wildman–Crippen LogP) is 6.17. The summed E-state index contributed by atoms with van der Waals surface area (Å²) >= 11 is 0. The minimum atomic E-state index is -0.164. The van der Waals surface area contributed by atoms with E-state index < -0.39 is 0 Å². The highest BCUT2D eigenvalue weighted by Gasteiger charge is 2.23. The number of benzene rings is 1. The van der Waals surface area contributed by atoms with E-state index in [1.807, 2.05) is 51.5 Å². The summed E-state index contributed by atoms with van der Waals surface area (Å²) in [5.74, 6) is -0.164. The first-order chi connectivity index (χ1) is 16.8. The topological polar surface area (TPSA) is 86.4 Å². The molecular formula is C27H34FN5O2. The van der Waals surface area contributed by atoms with Crippen molar-refractivity contribution >= 4 is 22.4 Å². The van der Waals surface area contributed by atoms with Crippen molar-refractivity contribution in [2.45, 2.75) is 40.2 Å². The molecule has 0 unspecified atom stereocenters. The number of hydrogen-bond donors (Lipinski definition) is 3. The van der Waals surface area contributed by atoms with Crippen LogP contribution in [0.4, 0.5) is 15.8 Å². The summed E-state index contributed by atoms with van der Waals surface area (Å²) in [7, 11) is 3.95. The quantitative estimate of drug-likeness (QED) is 0.241. The number of aromatic nitrogens is 3. The summed E-state index contributed by atoms with van der Waals surface area (Å²) in [5.41, 5.74) is 7.88. The lowest BCUT2D eigenvalue weighted by molar-refractivity contribution is -0.176. The zero-order chi connectivity index (χ0) is 25.7. The van der Waals surface area contributed by atoms with E-state index in [1.54, 1.807) is 12.3 Å². The molecule has 4 heterocycles. The molecule has 0 bridgehead atoms. The molecule has 0 aliphatic carbocycles. The van der Waals surface area contributed by atoms with E-state index >= 15 is 0 Å². The fourth-order valence-electron chi connectivity index (χ4n) is 4.30. The summed E-state index contributed by atoms with van der Waals surface area (Å²) < 4.78 is 17.1. The smallest absolute Gasteiger partial charge is 0.142 e. The lowest BCUT2D eigenvalue weighted by Crippen LogP contribution is -2.12. The first-order valence-corrected chi connectivity index (χ1v) is 11.6. The van der Waals surface area contributed by atoms with Crippen molar-refractivity contribution in [1.82, 2.24) is 14.5 Å². The van der Waals surface area contributed by atoms with Crippen LogP contribution in [0.1, 0.15) is 36.7 Å². The maximum atomic E-state index is 15.0. The molecule has 0 saturated carbocycles. The number of nitrogens with zero attached hydrogens (tertiary/aromatic N) is 4. The van der Waals surface area contributed by atoms with Crippen molar-refractivity contribution in [1.29, 1.82) is 0 Å². The monoisotopic (exact) mass is 479 g/mol. The highest BCUT2D eigenvalue weighted by Crippen LogP contribution is 2.40. The number of fused-ring (bicyclic) bond motifs is 2. The fourth-order valence-corrected chi connectivity index (χ4v) is 4.30. The molecule has 1 aliphatic rings. The van der Waals surface area contributed by atoms with Gasteiger partial charge in [0.05, 0.1) is 5.39 Å². The molecule has 0 saturated heterocycles.